The number of ether oxygens (including phenoxy) is 2. The molecule has 0 unspecified atom stereocenters. The quantitative estimate of drug-likeness (QED) is 0.910. The van der Waals surface area contributed by atoms with Gasteiger partial charge in [-0.3, -0.25) is 4.79 Å². The summed E-state index contributed by atoms with van der Waals surface area (Å²) in [6.07, 6.45) is 5.94. The van der Waals surface area contributed by atoms with Gasteiger partial charge in [-0.2, -0.15) is 0 Å². The summed E-state index contributed by atoms with van der Waals surface area (Å²) in [6, 6.07) is 7.54. The Morgan fingerprint density at radius 1 is 1.04 bits per heavy atom. The third-order valence-corrected chi connectivity index (χ3v) is 4.69. The van der Waals surface area contributed by atoms with Crippen molar-refractivity contribution < 1.29 is 14.3 Å². The Morgan fingerprint density at radius 2 is 1.85 bits per heavy atom. The van der Waals surface area contributed by atoms with Crippen LogP contribution in [0.15, 0.2) is 30.6 Å². The molecule has 0 radical (unpaired) electrons. The lowest BCUT2D eigenvalue weighted by molar-refractivity contribution is 0.0755. The molecule has 4 rings (SSSR count). The summed E-state index contributed by atoms with van der Waals surface area (Å²) in [7, 11) is 0. The highest BCUT2D eigenvalue weighted by atomic mass is 16.7. The first kappa shape index (κ1) is 16.6. The minimum absolute atomic E-state index is 0.0135. The number of nitrogens with one attached hydrogen (secondary N) is 1. The van der Waals surface area contributed by atoms with Crippen molar-refractivity contribution in [1.82, 2.24) is 14.9 Å². The fraction of sp³-hybridized carbons (Fsp3) is 0.421. The molecule has 0 saturated carbocycles. The van der Waals surface area contributed by atoms with Crippen molar-refractivity contribution in [3.63, 3.8) is 0 Å². The molecule has 0 bridgehead atoms. The highest BCUT2D eigenvalue weighted by molar-refractivity contribution is 5.92. The van der Waals surface area contributed by atoms with Crippen molar-refractivity contribution >= 4 is 11.7 Å². The second-order valence-corrected chi connectivity index (χ2v) is 6.54. The van der Waals surface area contributed by atoms with Crippen molar-refractivity contribution in [3.8, 4) is 11.5 Å². The van der Waals surface area contributed by atoms with Crippen molar-refractivity contribution in [3.05, 3.63) is 41.9 Å². The van der Waals surface area contributed by atoms with Gasteiger partial charge in [0.05, 0.1) is 0 Å². The van der Waals surface area contributed by atoms with E-state index >= 15 is 0 Å². The number of likely N-dealkylation sites (tertiary alicyclic amines) is 1. The maximum Gasteiger partial charge on any atom is 0.272 e. The van der Waals surface area contributed by atoms with E-state index in [4.69, 9.17) is 9.47 Å². The third-order valence-electron chi connectivity index (χ3n) is 4.69. The molecule has 0 atom stereocenters. The highest BCUT2D eigenvalue weighted by Gasteiger charge is 2.19. The van der Waals surface area contributed by atoms with Gasteiger partial charge in [0.2, 0.25) is 6.79 Å². The average Bonchev–Trinajstić information content (AvgIpc) is 2.98. The van der Waals surface area contributed by atoms with Crippen LogP contribution in [0.5, 0.6) is 11.5 Å². The van der Waals surface area contributed by atoms with E-state index in [1.54, 1.807) is 6.07 Å². The smallest absolute Gasteiger partial charge is 0.272 e. The number of aromatic nitrogens is 2. The minimum Gasteiger partial charge on any atom is -0.454 e. The number of amides is 1. The van der Waals surface area contributed by atoms with Gasteiger partial charge in [0.25, 0.3) is 5.91 Å². The molecule has 2 aliphatic rings. The molecule has 1 aromatic heterocycles. The summed E-state index contributed by atoms with van der Waals surface area (Å²) in [5.41, 5.74) is 1.49. The lowest BCUT2D eigenvalue weighted by atomic mass is 10.2. The summed E-state index contributed by atoms with van der Waals surface area (Å²) < 4.78 is 10.7. The van der Waals surface area contributed by atoms with Gasteiger partial charge in [0.1, 0.15) is 17.8 Å². The lowest BCUT2D eigenvalue weighted by Gasteiger charge is -2.19. The van der Waals surface area contributed by atoms with E-state index < -0.39 is 0 Å². The predicted octanol–water partition coefficient (Wildman–Crippen LogP) is 2.83. The van der Waals surface area contributed by atoms with Crippen LogP contribution in [0.25, 0.3) is 0 Å². The van der Waals surface area contributed by atoms with Gasteiger partial charge < -0.3 is 19.7 Å². The molecule has 2 aliphatic heterocycles. The fourth-order valence-electron chi connectivity index (χ4n) is 3.25. The first-order chi connectivity index (χ1) is 12.8. The maximum absolute atomic E-state index is 12.7. The number of carbonyl (C=O) groups excluding carboxylic acids is 1. The Labute approximate surface area is 152 Å². The summed E-state index contributed by atoms with van der Waals surface area (Å²) in [4.78, 5) is 23.0. The standard InChI is InChI=1S/C19H22N4O3/c24-19(23-7-3-1-2-4-8-23)15-10-18(22-12-21-15)20-11-14-5-6-16-17(9-14)26-13-25-16/h5-6,9-10,12H,1-4,7-8,11,13H2,(H,20,21,22). The molecule has 2 aromatic rings. The first-order valence-corrected chi connectivity index (χ1v) is 9.03. The van der Waals surface area contributed by atoms with Crippen LogP contribution in [0.2, 0.25) is 0 Å². The molecule has 0 aliphatic carbocycles. The molecule has 0 spiro atoms. The molecule has 1 aromatic carbocycles. The van der Waals surface area contributed by atoms with E-state index in [1.165, 1.54) is 19.2 Å². The molecule has 1 fully saturated rings. The zero-order chi connectivity index (χ0) is 17.8. The van der Waals surface area contributed by atoms with Gasteiger partial charge in [0, 0.05) is 25.7 Å². The Kier molecular flexibility index (Phi) is 4.86. The number of rotatable bonds is 4. The molecule has 7 heteroatoms. The monoisotopic (exact) mass is 354 g/mol. The zero-order valence-electron chi connectivity index (χ0n) is 14.6. The van der Waals surface area contributed by atoms with Crippen LogP contribution < -0.4 is 14.8 Å². The summed E-state index contributed by atoms with van der Waals surface area (Å²) >= 11 is 0. The van der Waals surface area contributed by atoms with E-state index in [0.29, 0.717) is 18.1 Å². The molecule has 7 nitrogen and oxygen atoms in total. The largest absolute Gasteiger partial charge is 0.454 e. The average molecular weight is 354 g/mol. The molecule has 26 heavy (non-hydrogen) atoms. The number of anilines is 1. The van der Waals surface area contributed by atoms with Gasteiger partial charge in [-0.05, 0) is 30.5 Å². The maximum atomic E-state index is 12.7. The predicted molar refractivity (Wildman–Crippen MR) is 96.3 cm³/mol. The van der Waals surface area contributed by atoms with Gasteiger partial charge in [0.15, 0.2) is 11.5 Å². The van der Waals surface area contributed by atoms with Crippen LogP contribution in [-0.2, 0) is 6.54 Å². The zero-order valence-corrected chi connectivity index (χ0v) is 14.6. The van der Waals surface area contributed by atoms with Gasteiger partial charge in [-0.25, -0.2) is 9.97 Å². The molecular formula is C19H22N4O3. The highest BCUT2D eigenvalue weighted by Crippen LogP contribution is 2.32. The van der Waals surface area contributed by atoms with Crippen LogP contribution in [0.1, 0.15) is 41.7 Å². The molecular weight excluding hydrogens is 332 g/mol. The number of hydrogen-bond acceptors (Lipinski definition) is 6. The van der Waals surface area contributed by atoms with Crippen LogP contribution in [0, 0.1) is 0 Å². The number of hydrogen-bond donors (Lipinski definition) is 1. The van der Waals surface area contributed by atoms with Crippen LogP contribution >= 0.6 is 0 Å². The number of carbonyl (C=O) groups is 1. The van der Waals surface area contributed by atoms with Crippen molar-refractivity contribution in [2.24, 2.45) is 0 Å². The molecule has 1 amide bonds. The van der Waals surface area contributed by atoms with Crippen LogP contribution in [0.4, 0.5) is 5.82 Å². The van der Waals surface area contributed by atoms with E-state index in [-0.39, 0.29) is 12.7 Å². The molecule has 136 valence electrons. The second kappa shape index (κ2) is 7.59. The van der Waals surface area contributed by atoms with Crippen molar-refractivity contribution in [1.29, 1.82) is 0 Å². The minimum atomic E-state index is -0.0135. The van der Waals surface area contributed by atoms with Gasteiger partial charge in [-0.1, -0.05) is 18.9 Å². The van der Waals surface area contributed by atoms with E-state index in [9.17, 15) is 4.79 Å². The first-order valence-electron chi connectivity index (χ1n) is 9.03. The van der Waals surface area contributed by atoms with Crippen molar-refractivity contribution in [2.75, 3.05) is 25.2 Å². The molecule has 1 N–H and O–H groups in total. The van der Waals surface area contributed by atoms with Gasteiger partial charge in [-0.15, -0.1) is 0 Å². The lowest BCUT2D eigenvalue weighted by Crippen LogP contribution is -2.32. The summed E-state index contributed by atoms with van der Waals surface area (Å²) in [6.45, 7) is 2.46. The number of fused-ring (bicyclic) bond motifs is 1. The van der Waals surface area contributed by atoms with Gasteiger partial charge >= 0.3 is 0 Å². The number of benzene rings is 1. The molecule has 3 heterocycles. The molecule has 1 saturated heterocycles. The Balaban J connectivity index is 1.41. The third kappa shape index (κ3) is 3.71. The fourth-order valence-corrected chi connectivity index (χ4v) is 3.25. The Bertz CT molecular complexity index is 788. The summed E-state index contributed by atoms with van der Waals surface area (Å²) in [5.74, 6) is 2.14. The second-order valence-electron chi connectivity index (χ2n) is 6.54. The van der Waals surface area contributed by atoms with Crippen molar-refractivity contribution in [2.45, 2.75) is 32.2 Å². The Morgan fingerprint density at radius 3 is 2.69 bits per heavy atom. The van der Waals surface area contributed by atoms with Crippen LogP contribution in [0.3, 0.4) is 0 Å². The Hall–Kier alpha value is -2.83. The van der Waals surface area contributed by atoms with E-state index in [0.717, 1.165) is 43.0 Å². The van der Waals surface area contributed by atoms with Crippen LogP contribution in [-0.4, -0.2) is 40.7 Å². The topological polar surface area (TPSA) is 76.6 Å². The number of nitrogens with zero attached hydrogens (tertiary/aromatic N) is 3. The van der Waals surface area contributed by atoms with E-state index in [2.05, 4.69) is 15.3 Å². The SMILES string of the molecule is O=C(c1cc(NCc2ccc3c(c2)OCO3)ncn1)N1CCCCCC1. The summed E-state index contributed by atoms with van der Waals surface area (Å²) in [5, 5.41) is 3.24. The normalized spacial score (nSPS) is 16.2. The van der Waals surface area contributed by atoms with E-state index in [1.807, 2.05) is 23.1 Å².